The van der Waals surface area contributed by atoms with Crippen molar-refractivity contribution in [3.8, 4) is 5.75 Å². The topological polar surface area (TPSA) is 84.5 Å². The number of hydrogen-bond donors (Lipinski definition) is 2. The zero-order chi connectivity index (χ0) is 21.7. The molecule has 2 N–H and O–H groups in total. The summed E-state index contributed by atoms with van der Waals surface area (Å²) in [4.78, 5) is 12.3. The minimum Gasteiger partial charge on any atom is -0.492 e. The van der Waals surface area contributed by atoms with Crippen LogP contribution in [-0.4, -0.2) is 20.9 Å². The molecule has 6 nitrogen and oxygen atoms in total. The molecule has 1 amide bonds. The fraction of sp³-hybridized carbons (Fsp3) is 0.0952. The molecular formula is C21H18ClFN2O4S. The molecule has 9 heteroatoms. The van der Waals surface area contributed by atoms with E-state index in [0.29, 0.717) is 23.6 Å². The molecule has 0 aromatic heterocycles. The van der Waals surface area contributed by atoms with Crippen molar-refractivity contribution in [1.82, 2.24) is 0 Å². The Balaban J connectivity index is 1.73. The van der Waals surface area contributed by atoms with Gasteiger partial charge in [-0.1, -0.05) is 23.7 Å². The molecule has 0 atom stereocenters. The Labute approximate surface area is 178 Å². The van der Waals surface area contributed by atoms with Gasteiger partial charge in [-0.2, -0.15) is 0 Å². The molecule has 0 aliphatic carbocycles. The molecule has 3 aromatic rings. The first-order chi connectivity index (χ1) is 14.3. The summed E-state index contributed by atoms with van der Waals surface area (Å²) in [6, 6.07) is 16.0. The van der Waals surface area contributed by atoms with Crippen LogP contribution in [0.3, 0.4) is 0 Å². The van der Waals surface area contributed by atoms with Gasteiger partial charge in [0.15, 0.2) is 0 Å². The number of benzene rings is 3. The third-order valence-electron chi connectivity index (χ3n) is 4.04. The number of anilines is 2. The maximum atomic E-state index is 13.3. The van der Waals surface area contributed by atoms with E-state index < -0.39 is 15.8 Å². The lowest BCUT2D eigenvalue weighted by molar-refractivity contribution is 0.102. The van der Waals surface area contributed by atoms with E-state index in [2.05, 4.69) is 10.0 Å². The number of ether oxygens (including phenoxy) is 1. The second-order valence-electron chi connectivity index (χ2n) is 6.14. The summed E-state index contributed by atoms with van der Waals surface area (Å²) in [6.07, 6.45) is 0. The summed E-state index contributed by atoms with van der Waals surface area (Å²) in [5.41, 5.74) is 1.10. The van der Waals surface area contributed by atoms with Crippen LogP contribution in [0, 0.1) is 5.82 Å². The number of carbonyl (C=O) groups is 1. The van der Waals surface area contributed by atoms with Crippen LogP contribution in [0.4, 0.5) is 15.8 Å². The highest BCUT2D eigenvalue weighted by atomic mass is 35.5. The van der Waals surface area contributed by atoms with Gasteiger partial charge in [0.1, 0.15) is 11.6 Å². The van der Waals surface area contributed by atoms with Crippen molar-refractivity contribution in [3.63, 3.8) is 0 Å². The van der Waals surface area contributed by atoms with Gasteiger partial charge in [-0.3, -0.25) is 9.52 Å². The Morgan fingerprint density at radius 2 is 1.77 bits per heavy atom. The fourth-order valence-corrected chi connectivity index (χ4v) is 3.92. The van der Waals surface area contributed by atoms with Crippen molar-refractivity contribution in [3.05, 3.63) is 83.1 Å². The molecular weight excluding hydrogens is 431 g/mol. The quantitative estimate of drug-likeness (QED) is 0.536. The summed E-state index contributed by atoms with van der Waals surface area (Å²) in [7, 11) is -3.96. The Hall–Kier alpha value is -3.10. The monoisotopic (exact) mass is 448 g/mol. The Morgan fingerprint density at radius 3 is 2.43 bits per heavy atom. The summed E-state index contributed by atoms with van der Waals surface area (Å²) >= 11 is 5.66. The molecule has 30 heavy (non-hydrogen) atoms. The van der Waals surface area contributed by atoms with Gasteiger partial charge >= 0.3 is 0 Å². The molecule has 0 fully saturated rings. The minimum atomic E-state index is -3.96. The number of para-hydroxylation sites is 2. The smallest absolute Gasteiger partial charge is 0.261 e. The van der Waals surface area contributed by atoms with E-state index >= 15 is 0 Å². The van der Waals surface area contributed by atoms with Gasteiger partial charge in [-0.15, -0.1) is 0 Å². The standard InChI is InChI=1S/C21H18ClFN2O4S/c1-2-29-20-6-4-3-5-19(20)24-21(26)14-7-9-15(10-8-14)25-30(27,28)16-11-12-18(23)17(22)13-16/h3-13,25H,2H2,1H3,(H,24,26). The normalized spacial score (nSPS) is 11.0. The molecule has 0 bridgehead atoms. The van der Waals surface area contributed by atoms with E-state index in [1.165, 1.54) is 24.3 Å². The third-order valence-corrected chi connectivity index (χ3v) is 5.70. The molecule has 0 heterocycles. The maximum Gasteiger partial charge on any atom is 0.261 e. The highest BCUT2D eigenvalue weighted by Gasteiger charge is 2.17. The Morgan fingerprint density at radius 1 is 1.07 bits per heavy atom. The van der Waals surface area contributed by atoms with Gasteiger partial charge in [0.25, 0.3) is 15.9 Å². The molecule has 0 unspecified atom stereocenters. The second-order valence-corrected chi connectivity index (χ2v) is 8.23. The van der Waals surface area contributed by atoms with E-state index in [9.17, 15) is 17.6 Å². The first-order valence-corrected chi connectivity index (χ1v) is 10.8. The molecule has 0 aliphatic rings. The predicted octanol–water partition coefficient (Wildman–Crippen LogP) is 4.93. The summed E-state index contributed by atoms with van der Waals surface area (Å²) in [5, 5.41) is 2.47. The molecule has 0 aliphatic heterocycles. The van der Waals surface area contributed by atoms with Crippen LogP contribution >= 0.6 is 11.6 Å². The van der Waals surface area contributed by atoms with E-state index in [-0.39, 0.29) is 21.5 Å². The number of nitrogens with one attached hydrogen (secondary N) is 2. The summed E-state index contributed by atoms with van der Waals surface area (Å²) in [6.45, 7) is 2.30. The van der Waals surface area contributed by atoms with Gasteiger partial charge < -0.3 is 10.1 Å². The predicted molar refractivity (Wildman–Crippen MR) is 114 cm³/mol. The molecule has 0 saturated carbocycles. The van der Waals surface area contributed by atoms with Crippen molar-refractivity contribution >= 4 is 38.9 Å². The lowest BCUT2D eigenvalue weighted by Crippen LogP contribution is -2.14. The van der Waals surface area contributed by atoms with Gasteiger partial charge in [0, 0.05) is 11.3 Å². The number of amides is 1. The molecule has 3 rings (SSSR count). The van der Waals surface area contributed by atoms with Crippen LogP contribution in [0.25, 0.3) is 0 Å². The van der Waals surface area contributed by atoms with Crippen LogP contribution in [0.5, 0.6) is 5.75 Å². The zero-order valence-corrected chi connectivity index (χ0v) is 17.4. The first kappa shape index (κ1) is 21.6. The number of carbonyl (C=O) groups excluding carboxylic acids is 1. The van der Waals surface area contributed by atoms with Gasteiger partial charge in [-0.05, 0) is 61.5 Å². The highest BCUT2D eigenvalue weighted by Crippen LogP contribution is 2.25. The van der Waals surface area contributed by atoms with Crippen molar-refractivity contribution in [2.75, 3.05) is 16.6 Å². The molecule has 3 aromatic carbocycles. The van der Waals surface area contributed by atoms with Gasteiger partial charge in [0.05, 0.1) is 22.2 Å². The lowest BCUT2D eigenvalue weighted by atomic mass is 10.2. The average Bonchev–Trinajstić information content (AvgIpc) is 2.72. The van der Waals surface area contributed by atoms with E-state index in [0.717, 1.165) is 18.2 Å². The van der Waals surface area contributed by atoms with Crippen molar-refractivity contribution < 1.29 is 22.3 Å². The lowest BCUT2D eigenvalue weighted by Gasteiger charge is -2.12. The first-order valence-electron chi connectivity index (χ1n) is 8.91. The largest absolute Gasteiger partial charge is 0.492 e. The van der Waals surface area contributed by atoms with Gasteiger partial charge in [-0.25, -0.2) is 12.8 Å². The number of halogens is 2. The molecule has 0 saturated heterocycles. The van der Waals surface area contributed by atoms with Crippen LogP contribution in [0.15, 0.2) is 71.6 Å². The summed E-state index contributed by atoms with van der Waals surface area (Å²) < 4.78 is 46.0. The van der Waals surface area contributed by atoms with Crippen molar-refractivity contribution in [2.24, 2.45) is 0 Å². The average molecular weight is 449 g/mol. The minimum absolute atomic E-state index is 0.178. The number of hydrogen-bond acceptors (Lipinski definition) is 4. The Kier molecular flexibility index (Phi) is 6.59. The van der Waals surface area contributed by atoms with Crippen LogP contribution < -0.4 is 14.8 Å². The zero-order valence-electron chi connectivity index (χ0n) is 15.9. The highest BCUT2D eigenvalue weighted by molar-refractivity contribution is 7.92. The Bertz CT molecular complexity index is 1170. The number of sulfonamides is 1. The van der Waals surface area contributed by atoms with Crippen molar-refractivity contribution in [2.45, 2.75) is 11.8 Å². The maximum absolute atomic E-state index is 13.3. The molecule has 0 radical (unpaired) electrons. The molecule has 0 spiro atoms. The van der Waals surface area contributed by atoms with E-state index in [1.54, 1.807) is 24.3 Å². The van der Waals surface area contributed by atoms with E-state index in [1.807, 2.05) is 6.92 Å². The van der Waals surface area contributed by atoms with Crippen LogP contribution in [0.2, 0.25) is 5.02 Å². The van der Waals surface area contributed by atoms with Crippen LogP contribution in [-0.2, 0) is 10.0 Å². The van der Waals surface area contributed by atoms with E-state index in [4.69, 9.17) is 16.3 Å². The fourth-order valence-electron chi connectivity index (χ4n) is 2.59. The molecule has 156 valence electrons. The van der Waals surface area contributed by atoms with Crippen molar-refractivity contribution in [1.29, 1.82) is 0 Å². The number of rotatable bonds is 7. The summed E-state index contributed by atoms with van der Waals surface area (Å²) in [5.74, 6) is -0.533. The third kappa shape index (κ3) is 5.08. The van der Waals surface area contributed by atoms with Gasteiger partial charge in [0.2, 0.25) is 0 Å². The SMILES string of the molecule is CCOc1ccccc1NC(=O)c1ccc(NS(=O)(=O)c2ccc(F)c(Cl)c2)cc1. The second kappa shape index (κ2) is 9.15. The van der Waals surface area contributed by atoms with Crippen LogP contribution in [0.1, 0.15) is 17.3 Å².